The van der Waals surface area contributed by atoms with Crippen LogP contribution in [0.25, 0.3) is 10.2 Å². The minimum Gasteiger partial charge on any atom is -1.00 e. The van der Waals surface area contributed by atoms with Crippen LogP contribution >= 0.6 is 22.9 Å². The van der Waals surface area contributed by atoms with Gasteiger partial charge >= 0.3 is 0 Å². The van der Waals surface area contributed by atoms with Gasteiger partial charge in [0.2, 0.25) is 0 Å². The van der Waals surface area contributed by atoms with Crippen molar-refractivity contribution >= 4 is 44.1 Å². The largest absolute Gasteiger partial charge is 1.00 e. The molecule has 0 spiro atoms. The molecule has 6 heteroatoms. The summed E-state index contributed by atoms with van der Waals surface area (Å²) < 4.78 is 1.13. The number of aryl methyl sites for hydroxylation is 2. The first kappa shape index (κ1) is 18.9. The van der Waals surface area contributed by atoms with E-state index in [1.54, 1.807) is 35.6 Å². The van der Waals surface area contributed by atoms with Crippen LogP contribution in [0.15, 0.2) is 36.4 Å². The number of nitrogens with one attached hydrogen (secondary N) is 1. The van der Waals surface area contributed by atoms with Crippen molar-refractivity contribution in [1.29, 1.82) is 0 Å². The van der Waals surface area contributed by atoms with Crippen molar-refractivity contribution in [2.75, 3.05) is 5.32 Å². The minimum atomic E-state index is -0.349. The van der Waals surface area contributed by atoms with E-state index in [2.05, 4.69) is 36.3 Å². The second-order valence-electron chi connectivity index (χ2n) is 5.61. The molecule has 0 amide bonds. The fourth-order valence-electron chi connectivity index (χ4n) is 2.40. The molecular formula is C18H17BrClN2OS-. The van der Waals surface area contributed by atoms with Crippen molar-refractivity contribution in [3.63, 3.8) is 0 Å². The molecule has 3 nitrogen and oxygen atoms in total. The highest BCUT2D eigenvalue weighted by atomic mass is 79.9. The summed E-state index contributed by atoms with van der Waals surface area (Å²) in [6.07, 6.45) is 0. The molecule has 0 fully saturated rings. The van der Waals surface area contributed by atoms with Gasteiger partial charge in [0.25, 0.3) is 0 Å². The summed E-state index contributed by atoms with van der Waals surface area (Å²) in [5, 5.41) is 4.61. The van der Waals surface area contributed by atoms with Crippen molar-refractivity contribution in [2.24, 2.45) is 0 Å². The number of thiazole rings is 1. The Balaban J connectivity index is 0.00000208. The number of halogens is 2. The molecule has 0 aliphatic rings. The summed E-state index contributed by atoms with van der Waals surface area (Å²) >= 11 is 7.43. The number of anilines is 1. The summed E-state index contributed by atoms with van der Waals surface area (Å²) in [6, 6.07) is 10.8. The number of nitrogens with zero attached hydrogens (tertiary/aromatic N) is 1. The van der Waals surface area contributed by atoms with Gasteiger partial charge in [0.05, 0.1) is 16.3 Å². The number of aromatic nitrogens is 1. The first-order chi connectivity index (χ1) is 11.0. The molecule has 0 radical (unpaired) electrons. The Hall–Kier alpha value is -1.43. The molecule has 0 aliphatic heterocycles. The number of carbonyl (C=O) groups is 1. The highest BCUT2D eigenvalue weighted by molar-refractivity contribution is 7.22. The summed E-state index contributed by atoms with van der Waals surface area (Å²) in [6.45, 7) is 6.00. The third-order valence-electron chi connectivity index (χ3n) is 3.95. The second-order valence-corrected chi connectivity index (χ2v) is 7.08. The Morgan fingerprint density at radius 2 is 1.83 bits per heavy atom. The van der Waals surface area contributed by atoms with Crippen molar-refractivity contribution in [3.05, 3.63) is 58.1 Å². The van der Waals surface area contributed by atoms with Crippen LogP contribution in [0, 0.1) is 13.8 Å². The highest BCUT2D eigenvalue weighted by Gasteiger charge is 2.17. The van der Waals surface area contributed by atoms with Crippen molar-refractivity contribution < 1.29 is 21.8 Å². The second kappa shape index (κ2) is 7.64. The van der Waals surface area contributed by atoms with Crippen LogP contribution < -0.4 is 22.3 Å². The van der Waals surface area contributed by atoms with Crippen LogP contribution in [0.2, 0.25) is 5.02 Å². The lowest BCUT2D eigenvalue weighted by Gasteiger charge is -2.11. The first-order valence-electron chi connectivity index (χ1n) is 7.39. The van der Waals surface area contributed by atoms with Crippen molar-refractivity contribution in [1.82, 2.24) is 4.98 Å². The van der Waals surface area contributed by atoms with Gasteiger partial charge in [-0.3, -0.25) is 4.79 Å². The predicted octanol–water partition coefficient (Wildman–Crippen LogP) is 2.25. The Morgan fingerprint density at radius 1 is 1.17 bits per heavy atom. The van der Waals surface area contributed by atoms with Gasteiger partial charge in [-0.2, -0.15) is 0 Å². The van der Waals surface area contributed by atoms with Crippen LogP contribution in [0.4, 0.5) is 5.13 Å². The van der Waals surface area contributed by atoms with E-state index >= 15 is 0 Å². The molecule has 126 valence electrons. The van der Waals surface area contributed by atoms with E-state index < -0.39 is 0 Å². The zero-order valence-corrected chi connectivity index (χ0v) is 16.7. The third kappa shape index (κ3) is 3.79. The van der Waals surface area contributed by atoms with Gasteiger partial charge in [0, 0.05) is 10.6 Å². The Bertz CT molecular complexity index is 877. The Labute approximate surface area is 160 Å². The number of hydrogen-bond acceptors (Lipinski definition) is 4. The van der Waals surface area contributed by atoms with Gasteiger partial charge in [-0.25, -0.2) is 4.98 Å². The number of carbonyl (C=O) groups excluding carboxylic acids is 1. The molecule has 1 atom stereocenters. The van der Waals surface area contributed by atoms with Crippen molar-refractivity contribution in [2.45, 2.75) is 26.8 Å². The summed E-state index contributed by atoms with van der Waals surface area (Å²) in [4.78, 5) is 17.1. The predicted molar refractivity (Wildman–Crippen MR) is 98.0 cm³/mol. The van der Waals surface area contributed by atoms with Gasteiger partial charge in [-0.05, 0) is 62.2 Å². The Kier molecular flexibility index (Phi) is 6.01. The number of fused-ring (bicyclic) bond motifs is 1. The molecule has 0 bridgehead atoms. The maximum absolute atomic E-state index is 12.5. The standard InChI is InChI=1S/C18H17ClN2OS.BrH/c1-10-4-9-15-16(11(10)2)21-18(23-15)20-12(3)17(22)13-5-7-14(19)8-6-13;/h4-9,12H,1-3H3,(H,20,21);1H/p-1. The lowest BCUT2D eigenvalue weighted by Crippen LogP contribution is -3.00. The molecule has 1 aromatic heterocycles. The number of rotatable bonds is 4. The normalized spacial score (nSPS) is 11.8. The van der Waals surface area contributed by atoms with Crippen LogP contribution in [0.5, 0.6) is 0 Å². The fourth-order valence-corrected chi connectivity index (χ4v) is 3.54. The molecule has 3 aromatic rings. The van der Waals surface area contributed by atoms with E-state index in [9.17, 15) is 4.79 Å². The molecule has 1 heterocycles. The molecule has 0 aliphatic carbocycles. The monoisotopic (exact) mass is 423 g/mol. The molecule has 3 rings (SSSR count). The summed E-state index contributed by atoms with van der Waals surface area (Å²) in [7, 11) is 0. The van der Waals surface area contributed by atoms with Gasteiger partial charge < -0.3 is 22.3 Å². The Morgan fingerprint density at radius 3 is 2.50 bits per heavy atom. The molecule has 24 heavy (non-hydrogen) atoms. The number of hydrogen-bond donors (Lipinski definition) is 1. The molecule has 2 aromatic carbocycles. The van der Waals surface area contributed by atoms with E-state index in [1.807, 2.05) is 6.92 Å². The third-order valence-corrected chi connectivity index (χ3v) is 5.15. The first-order valence-corrected chi connectivity index (χ1v) is 8.58. The van der Waals surface area contributed by atoms with E-state index in [-0.39, 0.29) is 28.8 Å². The SMILES string of the molecule is Cc1ccc2sc(NC(C)C(=O)c3ccc(Cl)cc3)nc2c1C.[Br-]. The van der Waals surface area contributed by atoms with Crippen LogP contribution in [-0.4, -0.2) is 16.8 Å². The lowest BCUT2D eigenvalue weighted by atomic mass is 10.1. The number of benzene rings is 2. The minimum absolute atomic E-state index is 0. The smallest absolute Gasteiger partial charge is 0.184 e. The van der Waals surface area contributed by atoms with E-state index in [0.717, 1.165) is 15.3 Å². The molecule has 0 saturated carbocycles. The van der Waals surface area contributed by atoms with Gasteiger partial charge in [0.15, 0.2) is 10.9 Å². The fraction of sp³-hybridized carbons (Fsp3) is 0.222. The van der Waals surface area contributed by atoms with E-state index in [1.165, 1.54) is 11.1 Å². The molecule has 1 N–H and O–H groups in total. The van der Waals surface area contributed by atoms with Gasteiger partial charge in [-0.1, -0.05) is 29.0 Å². The van der Waals surface area contributed by atoms with Crippen LogP contribution in [-0.2, 0) is 0 Å². The average Bonchev–Trinajstić information content (AvgIpc) is 2.94. The maximum Gasteiger partial charge on any atom is 0.184 e. The van der Waals surface area contributed by atoms with Crippen LogP contribution in [0.3, 0.4) is 0 Å². The number of ketones is 1. The quantitative estimate of drug-likeness (QED) is 0.653. The molecular weight excluding hydrogens is 408 g/mol. The summed E-state index contributed by atoms with van der Waals surface area (Å²) in [5.74, 6) is 0.0221. The van der Waals surface area contributed by atoms with Gasteiger partial charge in [-0.15, -0.1) is 0 Å². The topological polar surface area (TPSA) is 42.0 Å². The molecule has 0 saturated heterocycles. The maximum atomic E-state index is 12.5. The molecule has 1 unspecified atom stereocenters. The highest BCUT2D eigenvalue weighted by Crippen LogP contribution is 2.30. The zero-order valence-electron chi connectivity index (χ0n) is 13.6. The van der Waals surface area contributed by atoms with E-state index in [4.69, 9.17) is 11.6 Å². The average molecular weight is 425 g/mol. The zero-order chi connectivity index (χ0) is 16.6. The lowest BCUT2D eigenvalue weighted by molar-refractivity contribution is -0.0000120. The van der Waals surface area contributed by atoms with Gasteiger partial charge in [0.1, 0.15) is 0 Å². The van der Waals surface area contributed by atoms with E-state index in [0.29, 0.717) is 10.6 Å². The summed E-state index contributed by atoms with van der Waals surface area (Å²) in [5.41, 5.74) is 4.05. The van der Waals surface area contributed by atoms with Crippen molar-refractivity contribution in [3.8, 4) is 0 Å². The van der Waals surface area contributed by atoms with Crippen LogP contribution in [0.1, 0.15) is 28.4 Å². The number of Topliss-reactive ketones (excluding diaryl/α,β-unsaturated/α-hetero) is 1.